The maximum absolute atomic E-state index is 11.2. The molecule has 0 bridgehead atoms. The number of ether oxygens (including phenoxy) is 3. The van der Waals surface area contributed by atoms with E-state index in [1.807, 2.05) is 18.2 Å². The molecule has 148 valence electrons. The van der Waals surface area contributed by atoms with E-state index in [0.29, 0.717) is 32.1 Å². The van der Waals surface area contributed by atoms with Crippen molar-refractivity contribution in [1.82, 2.24) is 0 Å². The van der Waals surface area contributed by atoms with E-state index in [1.54, 1.807) is 7.11 Å². The predicted octanol–water partition coefficient (Wildman–Crippen LogP) is 4.69. The second-order valence-corrected chi connectivity index (χ2v) is 7.01. The molecule has 0 saturated carbocycles. The number of benzene rings is 1. The molecule has 0 spiro atoms. The summed E-state index contributed by atoms with van der Waals surface area (Å²) in [5.41, 5.74) is 4.84. The largest absolute Gasteiger partial charge is 0.497 e. The molecule has 0 N–H and O–H groups in total. The summed E-state index contributed by atoms with van der Waals surface area (Å²) in [5.74, 6) is 1.15. The van der Waals surface area contributed by atoms with Gasteiger partial charge in [-0.25, -0.2) is 0 Å². The zero-order chi connectivity index (χ0) is 19.8. The minimum atomic E-state index is -0.207. The number of allylic oxidation sites excluding steroid dienone is 3. The van der Waals surface area contributed by atoms with Gasteiger partial charge in [0.2, 0.25) is 0 Å². The minimum Gasteiger partial charge on any atom is -0.497 e. The van der Waals surface area contributed by atoms with Gasteiger partial charge in [-0.15, -0.1) is 0 Å². The molecule has 27 heavy (non-hydrogen) atoms. The topological polar surface area (TPSA) is 48.0 Å². The van der Waals surface area contributed by atoms with Crippen LogP contribution >= 0.6 is 0 Å². The van der Waals surface area contributed by atoms with Crippen LogP contribution < -0.4 is 9.64 Å². The van der Waals surface area contributed by atoms with Crippen molar-refractivity contribution in [3.63, 3.8) is 0 Å². The van der Waals surface area contributed by atoms with Crippen molar-refractivity contribution in [2.75, 3.05) is 32.5 Å². The Kier molecular flexibility index (Phi) is 7.92. The predicted molar refractivity (Wildman–Crippen MR) is 108 cm³/mol. The summed E-state index contributed by atoms with van der Waals surface area (Å²) in [5, 5.41) is 0. The lowest BCUT2D eigenvalue weighted by Gasteiger charge is -2.33. The number of carbonyl (C=O) groups is 1. The third-order valence-electron chi connectivity index (χ3n) is 4.69. The molecule has 2 rings (SSSR count). The van der Waals surface area contributed by atoms with E-state index in [4.69, 9.17) is 9.47 Å². The van der Waals surface area contributed by atoms with Gasteiger partial charge in [0.25, 0.3) is 0 Å². The first-order valence-electron chi connectivity index (χ1n) is 9.41. The Hall–Kier alpha value is -2.27. The highest BCUT2D eigenvalue weighted by Crippen LogP contribution is 2.34. The van der Waals surface area contributed by atoms with Crippen LogP contribution in [0.15, 0.2) is 47.2 Å². The van der Waals surface area contributed by atoms with Crippen LogP contribution in [0.4, 0.5) is 5.69 Å². The minimum absolute atomic E-state index is 0.207. The molecule has 5 nitrogen and oxygen atoms in total. The highest BCUT2D eigenvalue weighted by atomic mass is 16.5. The molecule has 1 aliphatic carbocycles. The molecule has 1 aliphatic rings. The third kappa shape index (κ3) is 5.86. The fraction of sp³-hybridized carbons (Fsp3) is 0.500. The Morgan fingerprint density at radius 3 is 2.70 bits per heavy atom. The maximum Gasteiger partial charge on any atom is 0.305 e. The first-order chi connectivity index (χ1) is 13.0. The summed E-state index contributed by atoms with van der Waals surface area (Å²) >= 11 is 0. The standard InChI is InChI=1S/C22H31NO4/c1-16-12-17(2)22(18(3)13-16)23(15-27-11-7-10-21(24)26-5)19-8-6-9-20(14-19)25-4/h6,8-9,12,14,16H,7,10-11,13,15H2,1-5H3. The SMILES string of the molecule is COC(=O)CCCOCN(C1=C(C)CC(C)C=C1C)c1cccc(OC)c1. The van der Waals surface area contributed by atoms with E-state index >= 15 is 0 Å². The average Bonchev–Trinajstić information content (AvgIpc) is 2.65. The van der Waals surface area contributed by atoms with Crippen LogP contribution in [0.25, 0.3) is 0 Å². The van der Waals surface area contributed by atoms with Gasteiger partial charge in [-0.2, -0.15) is 0 Å². The van der Waals surface area contributed by atoms with Crippen LogP contribution in [0.2, 0.25) is 0 Å². The van der Waals surface area contributed by atoms with Crippen LogP contribution in [-0.4, -0.2) is 33.5 Å². The summed E-state index contributed by atoms with van der Waals surface area (Å²) in [7, 11) is 3.08. The molecule has 0 saturated heterocycles. The lowest BCUT2D eigenvalue weighted by atomic mass is 9.89. The molecule has 5 heteroatoms. The van der Waals surface area contributed by atoms with E-state index in [9.17, 15) is 4.79 Å². The molecule has 1 aromatic rings. The van der Waals surface area contributed by atoms with Crippen molar-refractivity contribution in [2.24, 2.45) is 5.92 Å². The molecular weight excluding hydrogens is 342 g/mol. The average molecular weight is 373 g/mol. The van der Waals surface area contributed by atoms with E-state index in [1.165, 1.54) is 24.0 Å². The van der Waals surface area contributed by atoms with Gasteiger partial charge in [-0.1, -0.05) is 19.1 Å². The quantitative estimate of drug-likeness (QED) is 0.357. The smallest absolute Gasteiger partial charge is 0.305 e. The fourth-order valence-corrected chi connectivity index (χ4v) is 3.55. The second kappa shape index (κ2) is 10.2. The molecule has 0 aliphatic heterocycles. The Labute approximate surface area is 162 Å². The number of methoxy groups -OCH3 is 2. The first kappa shape index (κ1) is 21.0. The lowest BCUT2D eigenvalue weighted by molar-refractivity contribution is -0.141. The van der Waals surface area contributed by atoms with Crippen LogP contribution in [0.1, 0.15) is 40.0 Å². The van der Waals surface area contributed by atoms with Crippen LogP contribution in [0.3, 0.4) is 0 Å². The highest BCUT2D eigenvalue weighted by Gasteiger charge is 2.22. The van der Waals surface area contributed by atoms with E-state index in [2.05, 4.69) is 42.6 Å². The van der Waals surface area contributed by atoms with Crippen LogP contribution in [0, 0.1) is 5.92 Å². The Balaban J connectivity index is 2.18. The zero-order valence-electron chi connectivity index (χ0n) is 17.1. The van der Waals surface area contributed by atoms with E-state index < -0.39 is 0 Å². The van der Waals surface area contributed by atoms with Crippen molar-refractivity contribution < 1.29 is 19.0 Å². The second-order valence-electron chi connectivity index (χ2n) is 7.01. The maximum atomic E-state index is 11.2. The summed E-state index contributed by atoms with van der Waals surface area (Å²) < 4.78 is 16.0. The van der Waals surface area contributed by atoms with Gasteiger partial charge in [0.1, 0.15) is 12.5 Å². The van der Waals surface area contributed by atoms with E-state index in [0.717, 1.165) is 17.9 Å². The lowest BCUT2D eigenvalue weighted by Crippen LogP contribution is -2.29. The summed E-state index contributed by atoms with van der Waals surface area (Å²) in [6, 6.07) is 8.00. The van der Waals surface area contributed by atoms with Gasteiger partial charge in [0.05, 0.1) is 14.2 Å². The van der Waals surface area contributed by atoms with Gasteiger partial charge < -0.3 is 19.1 Å². The molecule has 0 aromatic heterocycles. The Morgan fingerprint density at radius 1 is 1.26 bits per heavy atom. The summed E-state index contributed by atoms with van der Waals surface area (Å²) in [4.78, 5) is 13.4. The summed E-state index contributed by atoms with van der Waals surface area (Å²) in [6.07, 6.45) is 4.36. The molecule has 0 fully saturated rings. The van der Waals surface area contributed by atoms with E-state index in [-0.39, 0.29) is 5.97 Å². The van der Waals surface area contributed by atoms with Gasteiger partial charge in [0, 0.05) is 30.5 Å². The monoisotopic (exact) mass is 373 g/mol. The molecule has 0 amide bonds. The Bertz CT molecular complexity index is 708. The molecule has 0 radical (unpaired) electrons. The van der Waals surface area contributed by atoms with Crippen molar-refractivity contribution in [3.8, 4) is 5.75 Å². The van der Waals surface area contributed by atoms with Crippen molar-refractivity contribution in [3.05, 3.63) is 47.2 Å². The van der Waals surface area contributed by atoms with Crippen molar-refractivity contribution in [1.29, 1.82) is 0 Å². The van der Waals surface area contributed by atoms with Crippen LogP contribution in [-0.2, 0) is 14.3 Å². The number of carbonyl (C=O) groups excluding carboxylic acids is 1. The zero-order valence-corrected chi connectivity index (χ0v) is 17.1. The molecule has 1 aromatic carbocycles. The van der Waals surface area contributed by atoms with Crippen molar-refractivity contribution >= 4 is 11.7 Å². The molecule has 1 atom stereocenters. The van der Waals surface area contributed by atoms with Gasteiger partial charge >= 0.3 is 5.97 Å². The number of anilines is 1. The third-order valence-corrected chi connectivity index (χ3v) is 4.69. The van der Waals surface area contributed by atoms with Gasteiger partial charge in [-0.3, -0.25) is 4.79 Å². The number of nitrogens with zero attached hydrogens (tertiary/aromatic N) is 1. The van der Waals surface area contributed by atoms with Crippen molar-refractivity contribution in [2.45, 2.75) is 40.0 Å². The van der Waals surface area contributed by atoms with Gasteiger partial charge in [0.15, 0.2) is 0 Å². The fourth-order valence-electron chi connectivity index (χ4n) is 3.55. The van der Waals surface area contributed by atoms with Gasteiger partial charge in [-0.05, 0) is 55.9 Å². The Morgan fingerprint density at radius 2 is 2.04 bits per heavy atom. The molecule has 0 heterocycles. The number of esters is 1. The molecule has 1 unspecified atom stereocenters. The highest BCUT2D eigenvalue weighted by molar-refractivity contribution is 5.69. The normalized spacial score (nSPS) is 16.8. The number of hydrogen-bond donors (Lipinski definition) is 0. The first-order valence-corrected chi connectivity index (χ1v) is 9.41. The van der Waals surface area contributed by atoms with Crippen LogP contribution in [0.5, 0.6) is 5.75 Å². The number of hydrogen-bond acceptors (Lipinski definition) is 5. The molecular formula is C22H31NO4. The number of rotatable bonds is 9. The summed E-state index contributed by atoms with van der Waals surface area (Å²) in [6.45, 7) is 7.50.